The highest BCUT2D eigenvalue weighted by Gasteiger charge is 2.51. The van der Waals surface area contributed by atoms with Crippen molar-refractivity contribution < 1.29 is 32.2 Å². The third kappa shape index (κ3) is 5.77. The Kier molecular flexibility index (Phi) is 8.11. The van der Waals surface area contributed by atoms with Crippen LogP contribution >= 0.6 is 0 Å². The highest BCUT2D eigenvalue weighted by atomic mass is 19.3. The molecule has 10 nitrogen and oxygen atoms in total. The number of hydrogen-bond donors (Lipinski definition) is 0. The molecule has 2 aliphatic heterocycles. The predicted molar refractivity (Wildman–Crippen MR) is 146 cm³/mol. The van der Waals surface area contributed by atoms with E-state index in [4.69, 9.17) is 14.2 Å². The summed E-state index contributed by atoms with van der Waals surface area (Å²) in [6.07, 6.45) is 2.32. The molecule has 0 saturated carbocycles. The summed E-state index contributed by atoms with van der Waals surface area (Å²) in [4.78, 5) is 14.2. The van der Waals surface area contributed by atoms with Crippen molar-refractivity contribution in [2.45, 2.75) is 77.3 Å². The molecule has 0 N–H and O–H groups in total. The molecule has 5 heterocycles. The summed E-state index contributed by atoms with van der Waals surface area (Å²) in [6, 6.07) is 3.47. The van der Waals surface area contributed by atoms with Crippen LogP contribution in [0, 0.1) is 24.2 Å². The van der Waals surface area contributed by atoms with Gasteiger partial charge in [0.05, 0.1) is 18.4 Å². The fourth-order valence-corrected chi connectivity index (χ4v) is 5.65. The molecule has 1 unspecified atom stereocenters. The second kappa shape index (κ2) is 11.5. The van der Waals surface area contributed by atoms with Gasteiger partial charge in [0, 0.05) is 55.2 Å². The maximum absolute atomic E-state index is 16.0. The summed E-state index contributed by atoms with van der Waals surface area (Å²) in [7, 11) is 0. The van der Waals surface area contributed by atoms with Gasteiger partial charge in [0.1, 0.15) is 22.8 Å². The molecule has 0 spiro atoms. The number of nitrogens with zero attached hydrogens (tertiary/aromatic N) is 6. The third-order valence-corrected chi connectivity index (χ3v) is 7.86. The smallest absolute Gasteiger partial charge is 0.410 e. The molecule has 3 aromatic rings. The molecule has 226 valence electrons. The molecule has 3 aromatic heterocycles. The topological polar surface area (TPSA) is 107 Å². The van der Waals surface area contributed by atoms with Gasteiger partial charge in [-0.25, -0.2) is 18.1 Å². The first-order valence-electron chi connectivity index (χ1n) is 14.1. The predicted octanol–water partition coefficient (Wildman–Crippen LogP) is 5.69. The molecule has 42 heavy (non-hydrogen) atoms. The van der Waals surface area contributed by atoms with Crippen molar-refractivity contribution in [3.8, 4) is 22.9 Å². The first kappa shape index (κ1) is 29.7. The normalized spacial score (nSPS) is 18.7. The van der Waals surface area contributed by atoms with Crippen LogP contribution < -0.4 is 4.74 Å². The van der Waals surface area contributed by atoms with Gasteiger partial charge in [0.2, 0.25) is 0 Å². The third-order valence-electron chi connectivity index (χ3n) is 7.86. The van der Waals surface area contributed by atoms with E-state index in [9.17, 15) is 18.8 Å². The Morgan fingerprint density at radius 2 is 1.83 bits per heavy atom. The van der Waals surface area contributed by atoms with Gasteiger partial charge in [-0.2, -0.15) is 19.8 Å². The average molecular weight is 589 g/mol. The molecule has 13 heteroatoms. The number of alkyl halides is 3. The Hall–Kier alpha value is -3.79. The Balaban J connectivity index is 1.44. The number of carbonyl (C=O) groups excluding carboxylic acids is 1. The summed E-state index contributed by atoms with van der Waals surface area (Å²) in [6.45, 7) is 8.73. The summed E-state index contributed by atoms with van der Waals surface area (Å²) < 4.78 is 64.0. The second-order valence-corrected chi connectivity index (χ2v) is 11.8. The van der Waals surface area contributed by atoms with E-state index in [0.29, 0.717) is 37.1 Å². The number of rotatable bonds is 6. The van der Waals surface area contributed by atoms with E-state index < -0.39 is 23.8 Å². The van der Waals surface area contributed by atoms with Gasteiger partial charge in [0.25, 0.3) is 0 Å². The zero-order chi connectivity index (χ0) is 30.2. The largest absolute Gasteiger partial charge is 0.450 e. The van der Waals surface area contributed by atoms with E-state index in [-0.39, 0.29) is 55.0 Å². The molecule has 1 atom stereocenters. The Labute approximate surface area is 241 Å². The van der Waals surface area contributed by atoms with E-state index >= 15 is 4.39 Å². The minimum absolute atomic E-state index is 0.0256. The van der Waals surface area contributed by atoms with Crippen LogP contribution in [0.4, 0.5) is 18.0 Å². The summed E-state index contributed by atoms with van der Waals surface area (Å²) in [5.74, 6) is -4.56. The van der Waals surface area contributed by atoms with Crippen LogP contribution in [0.5, 0.6) is 5.75 Å². The number of likely N-dealkylation sites (tertiary alicyclic amines) is 1. The zero-order valence-electron chi connectivity index (χ0n) is 24.1. The van der Waals surface area contributed by atoms with Gasteiger partial charge in [-0.3, -0.25) is 4.68 Å². The minimum Gasteiger partial charge on any atom is -0.450 e. The molecule has 1 amide bonds. The van der Waals surface area contributed by atoms with Crippen molar-refractivity contribution in [1.82, 2.24) is 24.3 Å². The van der Waals surface area contributed by atoms with Gasteiger partial charge in [0.15, 0.2) is 5.75 Å². The van der Waals surface area contributed by atoms with Crippen molar-refractivity contribution in [3.05, 3.63) is 35.9 Å². The Morgan fingerprint density at radius 3 is 2.45 bits per heavy atom. The fraction of sp³-hybridized carbons (Fsp3) is 0.586. The van der Waals surface area contributed by atoms with Gasteiger partial charge in [-0.1, -0.05) is 0 Å². The summed E-state index contributed by atoms with van der Waals surface area (Å²) in [5.41, 5.74) is 1.60. The molecule has 0 aliphatic carbocycles. The van der Waals surface area contributed by atoms with E-state index in [0.717, 1.165) is 5.69 Å². The van der Waals surface area contributed by atoms with E-state index in [2.05, 4.69) is 10.2 Å². The van der Waals surface area contributed by atoms with Crippen molar-refractivity contribution in [1.29, 1.82) is 5.26 Å². The quantitative estimate of drug-likeness (QED) is 0.364. The van der Waals surface area contributed by atoms with Crippen LogP contribution in [0.25, 0.3) is 16.6 Å². The van der Waals surface area contributed by atoms with E-state index in [1.165, 1.54) is 16.8 Å². The van der Waals surface area contributed by atoms with Gasteiger partial charge >= 0.3 is 18.4 Å². The molecule has 0 radical (unpaired) electrons. The first-order valence-corrected chi connectivity index (χ1v) is 14.1. The lowest BCUT2D eigenvalue weighted by Crippen LogP contribution is -2.48. The molecule has 2 aliphatic rings. The maximum atomic E-state index is 16.0. The van der Waals surface area contributed by atoms with Crippen LogP contribution in [0.2, 0.25) is 0 Å². The van der Waals surface area contributed by atoms with Gasteiger partial charge < -0.3 is 19.1 Å². The SMILES string of the molecule is Cc1c(-c2cc(OC(F)(C(F)F)C3CCOCC3)c3c(C#N)cnn3c2)cnn1C1CCN(C(=O)OC(C)(C)C)CC1. The average Bonchev–Trinajstić information content (AvgIpc) is 3.55. The van der Waals surface area contributed by atoms with E-state index in [1.807, 2.05) is 38.4 Å². The molecule has 0 aromatic carbocycles. The molecule has 0 bridgehead atoms. The molecular formula is C29H35F3N6O4. The summed E-state index contributed by atoms with van der Waals surface area (Å²) in [5, 5.41) is 18.4. The first-order chi connectivity index (χ1) is 19.9. The number of piperidine rings is 1. The van der Waals surface area contributed by atoms with Gasteiger partial charge in [-0.15, -0.1) is 0 Å². The number of hydrogen-bond acceptors (Lipinski definition) is 7. The van der Waals surface area contributed by atoms with Crippen molar-refractivity contribution in [2.24, 2.45) is 5.92 Å². The number of pyridine rings is 1. The zero-order valence-corrected chi connectivity index (χ0v) is 24.1. The molecule has 2 saturated heterocycles. The lowest BCUT2D eigenvalue weighted by Gasteiger charge is -2.35. The maximum Gasteiger partial charge on any atom is 0.410 e. The van der Waals surface area contributed by atoms with E-state index in [1.54, 1.807) is 17.3 Å². The lowest BCUT2D eigenvalue weighted by molar-refractivity contribution is -0.213. The van der Waals surface area contributed by atoms with Gasteiger partial charge in [-0.05, 0) is 59.4 Å². The number of fused-ring (bicyclic) bond motifs is 1. The Morgan fingerprint density at radius 1 is 1.14 bits per heavy atom. The number of aromatic nitrogens is 4. The van der Waals surface area contributed by atoms with Crippen LogP contribution in [0.3, 0.4) is 0 Å². The number of ether oxygens (including phenoxy) is 3. The van der Waals surface area contributed by atoms with Crippen molar-refractivity contribution >= 4 is 11.6 Å². The van der Waals surface area contributed by atoms with Crippen LogP contribution in [0.15, 0.2) is 24.7 Å². The fourth-order valence-electron chi connectivity index (χ4n) is 5.65. The Bertz CT molecular complexity index is 1480. The van der Waals surface area contributed by atoms with Crippen LogP contribution in [-0.2, 0) is 9.47 Å². The number of amides is 1. The highest BCUT2D eigenvalue weighted by molar-refractivity contribution is 5.76. The minimum atomic E-state index is -3.42. The number of nitriles is 1. The molecule has 5 rings (SSSR count). The number of halogens is 3. The molecule has 2 fully saturated rings. The summed E-state index contributed by atoms with van der Waals surface area (Å²) >= 11 is 0. The monoisotopic (exact) mass is 588 g/mol. The lowest BCUT2D eigenvalue weighted by atomic mass is 9.91. The molecular weight excluding hydrogens is 553 g/mol. The van der Waals surface area contributed by atoms with Crippen molar-refractivity contribution in [2.75, 3.05) is 26.3 Å². The highest BCUT2D eigenvalue weighted by Crippen LogP contribution is 2.41. The standard InChI is InChI=1S/C29H35F3N6O4/c1-18-23(16-35-38(18)22-5-9-36(10-6-22)27(39)42-28(2,3)4)19-13-24(25-20(14-33)15-34-37(25)17-19)41-29(32,26(30)31)21-7-11-40-12-8-21/h13,15-17,21-22,26H,5-12H2,1-4H3. The second-order valence-electron chi connectivity index (χ2n) is 11.8. The number of carbonyl (C=O) groups is 1. The van der Waals surface area contributed by atoms with Crippen LogP contribution in [-0.4, -0.2) is 74.6 Å². The van der Waals surface area contributed by atoms with Crippen LogP contribution in [0.1, 0.15) is 63.8 Å². The van der Waals surface area contributed by atoms with Crippen molar-refractivity contribution in [3.63, 3.8) is 0 Å².